The number of carbonyl (C=O) groups is 1. The van der Waals surface area contributed by atoms with E-state index < -0.39 is 0 Å². The molecule has 0 radical (unpaired) electrons. The Bertz CT molecular complexity index is 1020. The fourth-order valence-corrected chi connectivity index (χ4v) is 5.34. The number of nitrogens with one attached hydrogen (secondary N) is 1. The zero-order chi connectivity index (χ0) is 20.5. The standard InChI is InChI=1S/C21H22ClN3O2S2/c1-13-5-6-16(22)8-17(13)23-19(26)12-29-21(28)24-9-14-7-15(11-24)18-3-2-4-20(27)25(18)10-14/h2-6,8,14-15H,7,9-12H2,1H3,(H,23,26)/t14-,15+/m0/s1. The summed E-state index contributed by atoms with van der Waals surface area (Å²) in [6.45, 7) is 4.29. The highest BCUT2D eigenvalue weighted by atomic mass is 35.5. The third-order valence-corrected chi connectivity index (χ3v) is 7.30. The summed E-state index contributed by atoms with van der Waals surface area (Å²) in [5.74, 6) is 0.865. The van der Waals surface area contributed by atoms with Crippen LogP contribution >= 0.6 is 35.6 Å². The van der Waals surface area contributed by atoms with Gasteiger partial charge < -0.3 is 14.8 Å². The van der Waals surface area contributed by atoms with Gasteiger partial charge in [0.2, 0.25) is 5.91 Å². The number of hydrogen-bond acceptors (Lipinski definition) is 4. The lowest BCUT2D eigenvalue weighted by molar-refractivity contribution is -0.113. The van der Waals surface area contributed by atoms with E-state index in [9.17, 15) is 9.59 Å². The predicted molar refractivity (Wildman–Crippen MR) is 123 cm³/mol. The number of hydrogen-bond donors (Lipinski definition) is 1. The molecule has 8 heteroatoms. The molecular formula is C21H22ClN3O2S2. The van der Waals surface area contributed by atoms with Crippen molar-refractivity contribution in [2.45, 2.75) is 25.8 Å². The molecule has 2 aromatic rings. The number of carbonyl (C=O) groups excluding carboxylic acids is 1. The van der Waals surface area contributed by atoms with Crippen LogP contribution in [0.25, 0.3) is 0 Å². The Kier molecular flexibility index (Phi) is 5.99. The highest BCUT2D eigenvalue weighted by molar-refractivity contribution is 8.23. The number of rotatable bonds is 3. The largest absolute Gasteiger partial charge is 0.356 e. The molecule has 3 heterocycles. The molecule has 4 rings (SSSR count). The number of piperidine rings is 1. The normalized spacial score (nSPS) is 20.1. The van der Waals surface area contributed by atoms with Crippen molar-refractivity contribution in [3.05, 3.63) is 63.0 Å². The summed E-state index contributed by atoms with van der Waals surface area (Å²) in [5.41, 5.74) is 2.87. The van der Waals surface area contributed by atoms with Crippen LogP contribution in [0, 0.1) is 12.8 Å². The summed E-state index contributed by atoms with van der Waals surface area (Å²) >= 11 is 13.0. The van der Waals surface area contributed by atoms with Crippen LogP contribution < -0.4 is 10.9 Å². The first-order valence-electron chi connectivity index (χ1n) is 9.58. The molecule has 0 spiro atoms. The van der Waals surface area contributed by atoms with Crippen molar-refractivity contribution in [3.8, 4) is 0 Å². The Labute approximate surface area is 184 Å². The first-order chi connectivity index (χ1) is 13.9. The van der Waals surface area contributed by atoms with E-state index in [1.165, 1.54) is 11.8 Å². The van der Waals surface area contributed by atoms with E-state index in [2.05, 4.69) is 10.2 Å². The SMILES string of the molecule is Cc1ccc(Cl)cc1NC(=O)CSC(=S)N1C[C@@H]2C[C@H](C1)c1cccc(=O)n1C2. The smallest absolute Gasteiger partial charge is 0.250 e. The second kappa shape index (κ2) is 8.50. The maximum Gasteiger partial charge on any atom is 0.250 e. The second-order valence-electron chi connectivity index (χ2n) is 7.67. The number of benzene rings is 1. The Morgan fingerprint density at radius 1 is 1.28 bits per heavy atom. The molecule has 1 amide bonds. The van der Waals surface area contributed by atoms with Gasteiger partial charge in [-0.2, -0.15) is 0 Å². The maximum atomic E-state index is 12.4. The van der Waals surface area contributed by atoms with E-state index in [-0.39, 0.29) is 17.2 Å². The van der Waals surface area contributed by atoms with Gasteiger partial charge in [0, 0.05) is 48.0 Å². The van der Waals surface area contributed by atoms with Crippen molar-refractivity contribution in [1.29, 1.82) is 0 Å². The van der Waals surface area contributed by atoms with Gasteiger partial charge >= 0.3 is 0 Å². The number of fused-ring (bicyclic) bond motifs is 4. The molecule has 1 aromatic carbocycles. The van der Waals surface area contributed by atoms with Gasteiger partial charge in [-0.15, -0.1) is 0 Å². The maximum absolute atomic E-state index is 12.4. The number of thioether (sulfide) groups is 1. The van der Waals surface area contributed by atoms with E-state index >= 15 is 0 Å². The molecule has 0 aliphatic carbocycles. The topological polar surface area (TPSA) is 54.3 Å². The molecule has 2 bridgehead atoms. The predicted octanol–water partition coefficient (Wildman–Crippen LogP) is 3.89. The van der Waals surface area contributed by atoms with Gasteiger partial charge in [-0.25, -0.2) is 0 Å². The van der Waals surface area contributed by atoms with E-state index in [1.807, 2.05) is 29.7 Å². The fourth-order valence-electron chi connectivity index (χ4n) is 4.18. The van der Waals surface area contributed by atoms with Gasteiger partial charge in [-0.1, -0.05) is 47.7 Å². The third-order valence-electron chi connectivity index (χ3n) is 5.54. The van der Waals surface area contributed by atoms with E-state index in [0.29, 0.717) is 16.9 Å². The molecule has 2 atom stereocenters. The van der Waals surface area contributed by atoms with Gasteiger partial charge in [0.05, 0.1) is 5.75 Å². The molecular weight excluding hydrogens is 426 g/mol. The van der Waals surface area contributed by atoms with Crippen LogP contribution in [-0.4, -0.2) is 38.5 Å². The summed E-state index contributed by atoms with van der Waals surface area (Å²) < 4.78 is 2.65. The number of nitrogens with zero attached hydrogens (tertiary/aromatic N) is 2. The van der Waals surface area contributed by atoms with E-state index in [4.69, 9.17) is 23.8 Å². The highest BCUT2D eigenvalue weighted by Gasteiger charge is 2.35. The second-order valence-corrected chi connectivity index (χ2v) is 9.71. The number of amides is 1. The number of pyridine rings is 1. The zero-order valence-electron chi connectivity index (χ0n) is 16.1. The van der Waals surface area contributed by atoms with Crippen LogP contribution in [0.4, 0.5) is 5.69 Å². The Morgan fingerprint density at radius 3 is 2.93 bits per heavy atom. The summed E-state index contributed by atoms with van der Waals surface area (Å²) in [5, 5.41) is 3.50. The zero-order valence-corrected chi connectivity index (χ0v) is 18.4. The van der Waals surface area contributed by atoms with Crippen LogP contribution in [0.5, 0.6) is 0 Å². The van der Waals surface area contributed by atoms with E-state index in [1.54, 1.807) is 18.2 Å². The summed E-state index contributed by atoms with van der Waals surface area (Å²) in [6, 6.07) is 10.9. The molecule has 1 fully saturated rings. The van der Waals surface area contributed by atoms with Crippen molar-refractivity contribution in [2.24, 2.45) is 5.92 Å². The average Bonchev–Trinajstić information content (AvgIpc) is 2.69. The molecule has 2 aliphatic heterocycles. The summed E-state index contributed by atoms with van der Waals surface area (Å²) in [7, 11) is 0. The lowest BCUT2D eigenvalue weighted by Gasteiger charge is -2.43. The monoisotopic (exact) mass is 447 g/mol. The molecule has 2 aliphatic rings. The first kappa shape index (κ1) is 20.4. The summed E-state index contributed by atoms with van der Waals surface area (Å²) in [4.78, 5) is 26.7. The van der Waals surface area contributed by atoms with Crippen molar-refractivity contribution in [3.63, 3.8) is 0 Å². The average molecular weight is 448 g/mol. The van der Waals surface area contributed by atoms with Crippen molar-refractivity contribution in [1.82, 2.24) is 9.47 Å². The lowest BCUT2D eigenvalue weighted by Crippen LogP contribution is -2.48. The first-order valence-corrected chi connectivity index (χ1v) is 11.4. The molecule has 1 N–H and O–H groups in total. The number of thiocarbonyl (C=S) groups is 1. The van der Waals surface area contributed by atoms with Crippen molar-refractivity contribution in [2.75, 3.05) is 24.2 Å². The minimum Gasteiger partial charge on any atom is -0.356 e. The minimum atomic E-state index is -0.100. The molecule has 29 heavy (non-hydrogen) atoms. The number of aromatic nitrogens is 1. The fraction of sp³-hybridized carbons (Fsp3) is 0.381. The van der Waals surface area contributed by atoms with Gasteiger partial charge in [-0.3, -0.25) is 9.59 Å². The highest BCUT2D eigenvalue weighted by Crippen LogP contribution is 2.36. The Morgan fingerprint density at radius 2 is 2.10 bits per heavy atom. The molecule has 1 aromatic heterocycles. The van der Waals surface area contributed by atoms with Gasteiger partial charge in [0.1, 0.15) is 4.32 Å². The van der Waals surface area contributed by atoms with Crippen LogP contribution in [0.2, 0.25) is 5.02 Å². The molecule has 1 saturated heterocycles. The van der Waals surface area contributed by atoms with Crippen LogP contribution in [-0.2, 0) is 11.3 Å². The number of anilines is 1. The van der Waals surface area contributed by atoms with Gasteiger partial charge in [0.15, 0.2) is 0 Å². The number of aryl methyl sites for hydroxylation is 1. The van der Waals surface area contributed by atoms with Crippen LogP contribution in [0.3, 0.4) is 0 Å². The van der Waals surface area contributed by atoms with Crippen molar-refractivity contribution >= 4 is 51.5 Å². The lowest BCUT2D eigenvalue weighted by atomic mass is 9.83. The van der Waals surface area contributed by atoms with Crippen molar-refractivity contribution < 1.29 is 4.79 Å². The van der Waals surface area contributed by atoms with Gasteiger partial charge in [-0.05, 0) is 43.0 Å². The Balaban J connectivity index is 1.36. The molecule has 5 nitrogen and oxygen atoms in total. The van der Waals surface area contributed by atoms with Crippen LogP contribution in [0.15, 0.2) is 41.2 Å². The minimum absolute atomic E-state index is 0.0792. The van der Waals surface area contributed by atoms with Crippen LogP contribution in [0.1, 0.15) is 23.6 Å². The number of halogens is 1. The number of likely N-dealkylation sites (tertiary alicyclic amines) is 1. The molecule has 0 saturated carbocycles. The molecule has 0 unspecified atom stereocenters. The Hall–Kier alpha value is -1.83. The van der Waals surface area contributed by atoms with Gasteiger partial charge in [0.25, 0.3) is 5.56 Å². The van der Waals surface area contributed by atoms with E-state index in [0.717, 1.165) is 47.3 Å². The summed E-state index contributed by atoms with van der Waals surface area (Å²) in [6.07, 6.45) is 1.09. The molecule has 152 valence electrons. The quantitative estimate of drug-likeness (QED) is 0.723. The third kappa shape index (κ3) is 4.52.